The Bertz CT molecular complexity index is 1320. The third kappa shape index (κ3) is 7.47. The maximum Gasteiger partial charge on any atom is 0.483 e. The Labute approximate surface area is 221 Å². The van der Waals surface area contributed by atoms with Gasteiger partial charge in [-0.25, -0.2) is 18.7 Å². The number of nitrogens with one attached hydrogen (secondary N) is 2. The molecule has 3 rings (SSSR count). The second-order valence-electron chi connectivity index (χ2n) is 8.45. The van der Waals surface area contributed by atoms with E-state index < -0.39 is 101 Å². The number of ether oxygens (including phenoxy) is 2. The monoisotopic (exact) mass is 621 g/mol. The van der Waals surface area contributed by atoms with E-state index in [4.69, 9.17) is 14.6 Å². The Morgan fingerprint density at radius 3 is 2.27 bits per heavy atom. The van der Waals surface area contributed by atoms with Crippen molar-refractivity contribution in [1.29, 1.82) is 0 Å². The van der Waals surface area contributed by atoms with Gasteiger partial charge in [-0.3, -0.25) is 28.2 Å². The average Bonchev–Trinajstić information content (AvgIpc) is 3.09. The third-order valence-electron chi connectivity index (χ3n) is 5.52. The molecule has 23 heteroatoms. The van der Waals surface area contributed by atoms with E-state index in [0.29, 0.717) is 4.57 Å². The number of phosphoric ester groups is 2. The predicted octanol–water partition coefficient (Wildman–Crippen LogP) is -4.56. The summed E-state index contributed by atoms with van der Waals surface area (Å²) in [5.41, 5.74) is -1.79. The Balaban J connectivity index is 1.68. The van der Waals surface area contributed by atoms with E-state index in [9.17, 15) is 58.5 Å². The third-order valence-corrected chi connectivity index (χ3v) is 8.12. The van der Waals surface area contributed by atoms with Crippen LogP contribution in [0.4, 0.5) is 0 Å². The van der Waals surface area contributed by atoms with Gasteiger partial charge in [-0.2, -0.15) is 4.31 Å². The van der Waals surface area contributed by atoms with Crippen molar-refractivity contribution in [3.05, 3.63) is 33.1 Å². The molecule has 2 aliphatic rings. The number of carbonyl (C=O) groups excluding carboxylic acids is 1. The van der Waals surface area contributed by atoms with Crippen LogP contribution in [-0.2, 0) is 41.6 Å². The second-order valence-corrected chi connectivity index (χ2v) is 11.5. The number of carbonyl (C=O) groups is 2. The molecule has 1 amide bonds. The fourth-order valence-electron chi connectivity index (χ4n) is 3.74. The molecular weight excluding hydrogens is 596 g/mol. The van der Waals surface area contributed by atoms with Gasteiger partial charge in [0.25, 0.3) is 5.56 Å². The summed E-state index contributed by atoms with van der Waals surface area (Å²) in [5, 5.41) is 51.6. The molecule has 21 nitrogen and oxygen atoms in total. The van der Waals surface area contributed by atoms with Crippen LogP contribution in [0, 0.1) is 0 Å². The van der Waals surface area contributed by atoms with Gasteiger partial charge < -0.3 is 50.1 Å². The van der Waals surface area contributed by atoms with Gasteiger partial charge in [0.2, 0.25) is 5.91 Å². The lowest BCUT2D eigenvalue weighted by atomic mass is 9.97. The summed E-state index contributed by atoms with van der Waals surface area (Å²) < 4.78 is 48.7. The van der Waals surface area contributed by atoms with Crippen molar-refractivity contribution in [2.75, 3.05) is 6.61 Å². The molecule has 0 aliphatic carbocycles. The fourth-order valence-corrected chi connectivity index (χ4v) is 5.91. The van der Waals surface area contributed by atoms with Gasteiger partial charge in [0.05, 0.1) is 6.61 Å². The molecular formula is C17H25N3O18P2. The smallest absolute Gasteiger partial charge is 0.479 e. The number of aromatic nitrogens is 2. The van der Waals surface area contributed by atoms with E-state index in [2.05, 4.69) is 13.4 Å². The zero-order chi connectivity index (χ0) is 30.2. The van der Waals surface area contributed by atoms with E-state index in [1.54, 1.807) is 0 Å². The lowest BCUT2D eigenvalue weighted by Crippen LogP contribution is -2.65. The first-order valence-electron chi connectivity index (χ1n) is 11.0. The number of aliphatic carboxylic acids is 1. The van der Waals surface area contributed by atoms with Crippen LogP contribution in [0.2, 0.25) is 0 Å². The van der Waals surface area contributed by atoms with Crippen LogP contribution < -0.4 is 16.6 Å². The molecule has 11 atom stereocenters. The van der Waals surface area contributed by atoms with Crippen molar-refractivity contribution in [2.24, 2.45) is 0 Å². The van der Waals surface area contributed by atoms with E-state index in [0.717, 1.165) is 19.2 Å². The largest absolute Gasteiger partial charge is 0.483 e. The van der Waals surface area contributed by atoms with Crippen LogP contribution in [0.1, 0.15) is 13.2 Å². The molecule has 0 spiro atoms. The molecule has 2 saturated heterocycles. The van der Waals surface area contributed by atoms with Crippen molar-refractivity contribution in [3.8, 4) is 0 Å². The maximum atomic E-state index is 12.4. The number of carboxylic acid groups (broad SMARTS) is 1. The Kier molecular flexibility index (Phi) is 9.85. The molecule has 3 heterocycles. The Morgan fingerprint density at radius 1 is 1.05 bits per heavy atom. The van der Waals surface area contributed by atoms with E-state index in [-0.39, 0.29) is 0 Å². The highest BCUT2D eigenvalue weighted by atomic mass is 31.3. The van der Waals surface area contributed by atoms with Crippen LogP contribution in [0.5, 0.6) is 0 Å². The standard InChI is InChI=1S/C17H25N3O18P2/c1-5(21)18-8-10(24)11(25)13(15(27)28)36-16(8)37-40(32,33)38-39(30,31)34-4-6-9(23)12(26)14(35-6)20-3-2-7(22)19-17(20)29/h2-3,6,8-14,16,23-26H,4H2,1H3,(H,18,21)(H,27,28)(H,30,31)(H,32,33)(H,19,22,29)/t6-,8+,9+,10?,11-,12?,13?,14-,16-/m1/s1. The normalized spacial score (nSPS) is 35.4. The zero-order valence-corrected chi connectivity index (χ0v) is 21.8. The number of phosphoric acid groups is 2. The molecule has 2 aliphatic heterocycles. The molecule has 226 valence electrons. The van der Waals surface area contributed by atoms with Crippen molar-refractivity contribution in [2.45, 2.75) is 62.1 Å². The number of nitrogens with zero attached hydrogens (tertiary/aromatic N) is 1. The predicted molar refractivity (Wildman–Crippen MR) is 121 cm³/mol. The van der Waals surface area contributed by atoms with Crippen molar-refractivity contribution < 1.29 is 76.9 Å². The Morgan fingerprint density at radius 2 is 1.70 bits per heavy atom. The van der Waals surface area contributed by atoms with Crippen LogP contribution in [0.15, 0.2) is 21.9 Å². The van der Waals surface area contributed by atoms with Gasteiger partial charge in [-0.05, 0) is 0 Å². The lowest BCUT2D eigenvalue weighted by Gasteiger charge is -2.41. The fraction of sp³-hybridized carbons (Fsp3) is 0.647. The van der Waals surface area contributed by atoms with E-state index in [1.807, 2.05) is 10.3 Å². The first kappa shape index (κ1) is 32.2. The summed E-state index contributed by atoms with van der Waals surface area (Å²) in [5.74, 6) is -2.72. The maximum absolute atomic E-state index is 12.4. The van der Waals surface area contributed by atoms with Gasteiger partial charge >= 0.3 is 27.3 Å². The minimum Gasteiger partial charge on any atom is -0.479 e. The van der Waals surface area contributed by atoms with Crippen LogP contribution in [0.25, 0.3) is 0 Å². The lowest BCUT2D eigenvalue weighted by molar-refractivity contribution is -0.243. The van der Waals surface area contributed by atoms with E-state index in [1.165, 1.54) is 0 Å². The quantitative estimate of drug-likeness (QED) is 0.111. The summed E-state index contributed by atoms with van der Waals surface area (Å²) >= 11 is 0. The topological polar surface area (TPSA) is 323 Å². The molecule has 9 N–H and O–H groups in total. The SMILES string of the molecule is CC(=O)N[C@H]1C(O)[C@@H](O)C(C(=O)O)O[C@@H]1OP(=O)(O)OP(=O)(O)OC[C@H]1O[C@@H](n2ccc(=O)[nH]c2=O)C(O)[C@H]1O. The average molecular weight is 621 g/mol. The van der Waals surface area contributed by atoms with Crippen LogP contribution in [-0.4, -0.2) is 112 Å². The summed E-state index contributed by atoms with van der Waals surface area (Å²) in [6.45, 7) is -0.153. The van der Waals surface area contributed by atoms with Crippen molar-refractivity contribution in [3.63, 3.8) is 0 Å². The summed E-state index contributed by atoms with van der Waals surface area (Å²) in [4.78, 5) is 67.7. The number of aliphatic hydroxyl groups is 4. The first-order chi connectivity index (χ1) is 18.4. The highest BCUT2D eigenvalue weighted by molar-refractivity contribution is 7.61. The molecule has 40 heavy (non-hydrogen) atoms. The van der Waals surface area contributed by atoms with Crippen molar-refractivity contribution in [1.82, 2.24) is 14.9 Å². The number of aliphatic hydroxyl groups excluding tert-OH is 4. The summed E-state index contributed by atoms with van der Waals surface area (Å²) in [7, 11) is -11.4. The minimum absolute atomic E-state index is 0.700. The molecule has 0 saturated carbocycles. The number of H-pyrrole nitrogens is 1. The highest BCUT2D eigenvalue weighted by Crippen LogP contribution is 2.61. The van der Waals surface area contributed by atoms with Gasteiger partial charge in [-0.1, -0.05) is 0 Å². The number of carboxylic acids is 1. The van der Waals surface area contributed by atoms with E-state index >= 15 is 0 Å². The first-order valence-corrected chi connectivity index (χ1v) is 14.0. The Hall–Kier alpha value is -2.36. The number of hydrogen-bond donors (Lipinski definition) is 9. The van der Waals surface area contributed by atoms with Gasteiger partial charge in [0.15, 0.2) is 18.6 Å². The number of amides is 1. The summed E-state index contributed by atoms with van der Waals surface area (Å²) in [6, 6.07) is -0.949. The van der Waals surface area contributed by atoms with Crippen LogP contribution >= 0.6 is 15.6 Å². The molecule has 5 unspecified atom stereocenters. The number of rotatable bonds is 10. The summed E-state index contributed by atoms with van der Waals surface area (Å²) in [6.07, 6.45) is -14.7. The molecule has 2 fully saturated rings. The van der Waals surface area contributed by atoms with Gasteiger partial charge in [0, 0.05) is 19.2 Å². The molecule has 1 aromatic rings. The highest BCUT2D eigenvalue weighted by Gasteiger charge is 2.52. The molecule has 1 aromatic heterocycles. The number of hydrogen-bond acceptors (Lipinski definition) is 15. The van der Waals surface area contributed by atoms with Crippen molar-refractivity contribution >= 4 is 27.5 Å². The number of aromatic amines is 1. The molecule has 0 radical (unpaired) electrons. The minimum atomic E-state index is -5.76. The molecule has 0 aromatic carbocycles. The van der Waals surface area contributed by atoms with Crippen LogP contribution in [0.3, 0.4) is 0 Å². The molecule has 0 bridgehead atoms. The van der Waals surface area contributed by atoms with Gasteiger partial charge in [0.1, 0.15) is 36.6 Å². The second kappa shape index (κ2) is 12.2. The van der Waals surface area contributed by atoms with Gasteiger partial charge in [-0.15, -0.1) is 0 Å². The zero-order valence-electron chi connectivity index (χ0n) is 20.0.